The van der Waals surface area contributed by atoms with E-state index in [1.54, 1.807) is 6.07 Å². The summed E-state index contributed by atoms with van der Waals surface area (Å²) in [7, 11) is 0. The third-order valence-corrected chi connectivity index (χ3v) is 1.46. The normalized spacial score (nSPS) is 9.25. The summed E-state index contributed by atoms with van der Waals surface area (Å²) in [6.45, 7) is 0. The van der Waals surface area contributed by atoms with Crippen molar-refractivity contribution in [1.82, 2.24) is 0 Å². The Bertz CT molecular complexity index is 368. The fraction of sp³-hybridized carbons (Fsp3) is 0. The Balaban J connectivity index is 3.54. The Hall–Kier alpha value is -2.09. The molecule has 5 nitrogen and oxygen atoms in total. The van der Waals surface area contributed by atoms with Crippen LogP contribution < -0.4 is 11.5 Å². The van der Waals surface area contributed by atoms with Crippen molar-refractivity contribution < 1.29 is 10.2 Å². The zero-order valence-electron chi connectivity index (χ0n) is 6.07. The van der Waals surface area contributed by atoms with Gasteiger partial charge in [0.25, 0.3) is 0 Å². The highest BCUT2D eigenvalue weighted by Crippen LogP contribution is 2.36. The van der Waals surface area contributed by atoms with Gasteiger partial charge in [0.15, 0.2) is 11.5 Å². The lowest BCUT2D eigenvalue weighted by Crippen LogP contribution is -1.97. The number of nitrogens with zero attached hydrogens (tertiary/aromatic N) is 1. The standard InChI is InChI=1S/C7H7N3O2/c8-2-3-4(9)1-5(11)7(12)6(3)10/h1,11-12H,9-10H2. The number of hydrogen-bond donors (Lipinski definition) is 4. The maximum Gasteiger partial charge on any atom is 0.182 e. The summed E-state index contributed by atoms with van der Waals surface area (Å²) in [5, 5.41) is 26.6. The quantitative estimate of drug-likeness (QED) is 0.248. The molecule has 0 aliphatic heterocycles. The number of nitrogen functional groups attached to an aromatic ring is 2. The minimum absolute atomic E-state index is 0.0229. The van der Waals surface area contributed by atoms with Gasteiger partial charge in [-0.05, 0) is 0 Å². The Kier molecular flexibility index (Phi) is 1.67. The van der Waals surface area contributed by atoms with Gasteiger partial charge in [-0.3, -0.25) is 0 Å². The topological polar surface area (TPSA) is 116 Å². The van der Waals surface area contributed by atoms with Crippen LogP contribution in [0.15, 0.2) is 6.07 Å². The molecule has 0 aliphatic carbocycles. The molecule has 1 rings (SSSR count). The van der Waals surface area contributed by atoms with Gasteiger partial charge in [0.1, 0.15) is 11.6 Å². The molecule has 6 N–H and O–H groups in total. The van der Waals surface area contributed by atoms with Crippen molar-refractivity contribution >= 4 is 11.4 Å². The Morgan fingerprint density at radius 2 is 1.92 bits per heavy atom. The molecule has 0 radical (unpaired) electrons. The summed E-state index contributed by atoms with van der Waals surface area (Å²) in [6, 6.07) is 2.78. The van der Waals surface area contributed by atoms with Gasteiger partial charge in [-0.25, -0.2) is 0 Å². The monoisotopic (exact) mass is 165 g/mol. The third kappa shape index (κ3) is 0.953. The molecule has 0 bridgehead atoms. The fourth-order valence-corrected chi connectivity index (χ4v) is 0.824. The number of anilines is 2. The summed E-state index contributed by atoms with van der Waals surface area (Å²) in [5.41, 5.74) is 10.4. The molecule has 0 fully saturated rings. The number of aromatic hydroxyl groups is 2. The van der Waals surface area contributed by atoms with Gasteiger partial charge >= 0.3 is 0 Å². The number of nitrogens with two attached hydrogens (primary N) is 2. The van der Waals surface area contributed by atoms with Gasteiger partial charge in [-0.1, -0.05) is 0 Å². The Labute approximate surface area is 68.5 Å². The second-order valence-corrected chi connectivity index (χ2v) is 2.23. The molecule has 0 saturated heterocycles. The smallest absolute Gasteiger partial charge is 0.182 e. The molecule has 0 heterocycles. The van der Waals surface area contributed by atoms with Crippen LogP contribution in [0.3, 0.4) is 0 Å². The molecule has 62 valence electrons. The summed E-state index contributed by atoms with van der Waals surface area (Å²) in [4.78, 5) is 0. The second-order valence-electron chi connectivity index (χ2n) is 2.23. The highest BCUT2D eigenvalue weighted by atomic mass is 16.3. The Morgan fingerprint density at radius 1 is 1.33 bits per heavy atom. The minimum atomic E-state index is -0.513. The fourth-order valence-electron chi connectivity index (χ4n) is 0.824. The summed E-state index contributed by atoms with van der Waals surface area (Å²) >= 11 is 0. The molecule has 0 atom stereocenters. The number of benzene rings is 1. The first kappa shape index (κ1) is 8.01. The van der Waals surface area contributed by atoms with E-state index in [1.165, 1.54) is 0 Å². The molecule has 0 spiro atoms. The largest absolute Gasteiger partial charge is 0.504 e. The molecule has 0 saturated carbocycles. The van der Waals surface area contributed by atoms with Crippen LogP contribution in [-0.2, 0) is 0 Å². The van der Waals surface area contributed by atoms with Crippen LogP contribution in [0.2, 0.25) is 0 Å². The van der Waals surface area contributed by atoms with Gasteiger partial charge in [-0.2, -0.15) is 5.26 Å². The van der Waals surface area contributed by atoms with Gasteiger partial charge < -0.3 is 21.7 Å². The number of nitriles is 1. The molecule has 0 aliphatic rings. The number of rotatable bonds is 0. The van der Waals surface area contributed by atoms with Crippen molar-refractivity contribution in [2.75, 3.05) is 11.5 Å². The summed E-state index contributed by atoms with van der Waals surface area (Å²) in [5.74, 6) is -0.940. The number of phenols is 2. The summed E-state index contributed by atoms with van der Waals surface area (Å²) < 4.78 is 0. The maximum atomic E-state index is 9.06. The van der Waals surface area contributed by atoms with Crippen LogP contribution in [0.1, 0.15) is 5.56 Å². The third-order valence-electron chi connectivity index (χ3n) is 1.46. The first-order valence-corrected chi connectivity index (χ1v) is 3.08. The lowest BCUT2D eigenvalue weighted by atomic mass is 10.1. The van der Waals surface area contributed by atoms with Gasteiger partial charge in [0, 0.05) is 6.07 Å². The molecule has 5 heteroatoms. The molecular weight excluding hydrogens is 158 g/mol. The van der Waals surface area contributed by atoms with E-state index in [0.29, 0.717) is 0 Å². The molecular formula is C7H7N3O2. The lowest BCUT2D eigenvalue weighted by molar-refractivity contribution is 0.406. The maximum absolute atomic E-state index is 9.06. The van der Waals surface area contributed by atoms with Gasteiger partial charge in [-0.15, -0.1) is 0 Å². The van der Waals surface area contributed by atoms with Crippen molar-refractivity contribution in [3.05, 3.63) is 11.6 Å². The lowest BCUT2D eigenvalue weighted by Gasteiger charge is -2.05. The SMILES string of the molecule is N#Cc1c(N)cc(O)c(O)c1N. The number of hydrogen-bond acceptors (Lipinski definition) is 5. The molecule has 1 aromatic carbocycles. The average Bonchev–Trinajstić information content (AvgIpc) is 2.01. The first-order chi connectivity index (χ1) is 5.57. The van der Waals surface area contributed by atoms with E-state index in [1.807, 2.05) is 0 Å². The predicted octanol–water partition coefficient (Wildman–Crippen LogP) is 0.134. The van der Waals surface area contributed by atoms with Crippen molar-refractivity contribution in [3.63, 3.8) is 0 Å². The Morgan fingerprint density at radius 3 is 2.42 bits per heavy atom. The van der Waals surface area contributed by atoms with Crippen molar-refractivity contribution in [2.24, 2.45) is 0 Å². The van der Waals surface area contributed by atoms with E-state index in [0.717, 1.165) is 6.07 Å². The van der Waals surface area contributed by atoms with E-state index in [4.69, 9.17) is 26.9 Å². The highest BCUT2D eigenvalue weighted by Gasteiger charge is 2.12. The van der Waals surface area contributed by atoms with Gasteiger partial charge in [0.05, 0.1) is 11.4 Å². The van der Waals surface area contributed by atoms with E-state index < -0.39 is 11.5 Å². The van der Waals surface area contributed by atoms with E-state index in [-0.39, 0.29) is 16.9 Å². The first-order valence-electron chi connectivity index (χ1n) is 3.08. The zero-order chi connectivity index (χ0) is 9.30. The molecule has 1 aromatic rings. The molecule has 0 aromatic heterocycles. The van der Waals surface area contributed by atoms with E-state index >= 15 is 0 Å². The van der Waals surface area contributed by atoms with Crippen LogP contribution in [0.25, 0.3) is 0 Å². The zero-order valence-corrected chi connectivity index (χ0v) is 6.07. The van der Waals surface area contributed by atoms with Gasteiger partial charge in [0.2, 0.25) is 0 Å². The van der Waals surface area contributed by atoms with E-state index in [9.17, 15) is 0 Å². The van der Waals surface area contributed by atoms with Crippen LogP contribution in [0.5, 0.6) is 11.5 Å². The van der Waals surface area contributed by atoms with Crippen LogP contribution in [-0.4, -0.2) is 10.2 Å². The van der Waals surface area contributed by atoms with E-state index in [2.05, 4.69) is 0 Å². The van der Waals surface area contributed by atoms with Crippen molar-refractivity contribution in [3.8, 4) is 17.6 Å². The second kappa shape index (κ2) is 2.51. The van der Waals surface area contributed by atoms with Crippen molar-refractivity contribution in [2.45, 2.75) is 0 Å². The highest BCUT2D eigenvalue weighted by molar-refractivity contribution is 5.76. The van der Waals surface area contributed by atoms with Crippen LogP contribution in [0.4, 0.5) is 11.4 Å². The molecule has 0 amide bonds. The van der Waals surface area contributed by atoms with Crippen molar-refractivity contribution in [1.29, 1.82) is 5.26 Å². The predicted molar refractivity (Wildman–Crippen MR) is 43.3 cm³/mol. The molecule has 12 heavy (non-hydrogen) atoms. The summed E-state index contributed by atoms with van der Waals surface area (Å²) in [6.07, 6.45) is 0. The minimum Gasteiger partial charge on any atom is -0.504 e. The number of phenolic OH excluding ortho intramolecular Hbond substituents is 2. The van der Waals surface area contributed by atoms with Crippen LogP contribution >= 0.6 is 0 Å². The average molecular weight is 165 g/mol. The molecule has 0 unspecified atom stereocenters. The van der Waals surface area contributed by atoms with Crippen LogP contribution in [0, 0.1) is 11.3 Å².